The molecule has 0 aliphatic rings. The van der Waals surface area contributed by atoms with Crippen LogP contribution >= 0.6 is 0 Å². The van der Waals surface area contributed by atoms with Crippen molar-refractivity contribution in [3.05, 3.63) is 59.7 Å². The van der Waals surface area contributed by atoms with Gasteiger partial charge in [-0.25, -0.2) is 9.78 Å². The predicted octanol–water partition coefficient (Wildman–Crippen LogP) is 2.14. The Morgan fingerprint density at radius 3 is 2.76 bits per heavy atom. The molecule has 6 nitrogen and oxygen atoms in total. The molecule has 0 spiro atoms. The Morgan fingerprint density at radius 2 is 2.10 bits per heavy atom. The summed E-state index contributed by atoms with van der Waals surface area (Å²) in [6.45, 7) is 1.86. The van der Waals surface area contributed by atoms with Gasteiger partial charge in [0.15, 0.2) is 0 Å². The van der Waals surface area contributed by atoms with Crippen LogP contribution in [0, 0.1) is 6.92 Å². The van der Waals surface area contributed by atoms with E-state index < -0.39 is 5.97 Å². The number of hydrogen-bond donors (Lipinski definition) is 2. The van der Waals surface area contributed by atoms with E-state index in [2.05, 4.69) is 15.3 Å². The van der Waals surface area contributed by atoms with Gasteiger partial charge in [0.25, 0.3) is 5.91 Å². The number of nitrogens with zero attached hydrogens (tertiary/aromatic N) is 2. The maximum Gasteiger partial charge on any atom is 0.328 e. The highest BCUT2D eigenvalue weighted by molar-refractivity contribution is 6.02. The third-order valence-electron chi connectivity index (χ3n) is 2.74. The van der Waals surface area contributed by atoms with E-state index in [1.54, 1.807) is 18.2 Å². The van der Waals surface area contributed by atoms with E-state index in [1.165, 1.54) is 24.7 Å². The number of anilines is 1. The van der Waals surface area contributed by atoms with Crippen molar-refractivity contribution in [3.63, 3.8) is 0 Å². The molecule has 1 amide bonds. The molecule has 106 valence electrons. The number of rotatable bonds is 4. The summed E-state index contributed by atoms with van der Waals surface area (Å²) in [5, 5.41) is 11.3. The Bertz CT molecular complexity index is 697. The highest BCUT2D eigenvalue weighted by Gasteiger charge is 2.08. The summed E-state index contributed by atoms with van der Waals surface area (Å²) in [5.74, 6) is -1.40. The number of carbonyl (C=O) groups excluding carboxylic acids is 1. The number of nitrogens with one attached hydrogen (secondary N) is 1. The summed E-state index contributed by atoms with van der Waals surface area (Å²) in [5.41, 5.74) is 2.39. The number of amides is 1. The van der Waals surface area contributed by atoms with E-state index in [-0.39, 0.29) is 11.6 Å². The summed E-state index contributed by atoms with van der Waals surface area (Å²) >= 11 is 0. The second kappa shape index (κ2) is 6.42. The molecular weight excluding hydrogens is 270 g/mol. The van der Waals surface area contributed by atoms with Gasteiger partial charge in [-0.3, -0.25) is 9.78 Å². The van der Waals surface area contributed by atoms with Gasteiger partial charge in [-0.1, -0.05) is 6.07 Å². The van der Waals surface area contributed by atoms with Gasteiger partial charge in [-0.15, -0.1) is 0 Å². The third-order valence-corrected chi connectivity index (χ3v) is 2.74. The molecule has 21 heavy (non-hydrogen) atoms. The van der Waals surface area contributed by atoms with Crippen LogP contribution in [0.3, 0.4) is 0 Å². The van der Waals surface area contributed by atoms with E-state index in [9.17, 15) is 9.59 Å². The Hall–Kier alpha value is -3.02. The van der Waals surface area contributed by atoms with Crippen molar-refractivity contribution in [1.29, 1.82) is 0 Å². The lowest BCUT2D eigenvalue weighted by atomic mass is 10.1. The molecule has 2 aromatic rings. The zero-order valence-electron chi connectivity index (χ0n) is 11.3. The quantitative estimate of drug-likeness (QED) is 0.839. The standard InChI is InChI=1S/C15H13N3O3/c1-10-2-4-12(8-11(10)3-5-14(19)20)18-15(21)13-9-16-6-7-17-13/h2-9H,1H3,(H,18,21)(H,19,20). The van der Waals surface area contributed by atoms with Crippen molar-refractivity contribution in [2.75, 3.05) is 5.32 Å². The van der Waals surface area contributed by atoms with Gasteiger partial charge in [0.05, 0.1) is 6.20 Å². The van der Waals surface area contributed by atoms with Gasteiger partial charge >= 0.3 is 5.97 Å². The van der Waals surface area contributed by atoms with Gasteiger partial charge in [0.1, 0.15) is 5.69 Å². The molecule has 0 unspecified atom stereocenters. The zero-order valence-corrected chi connectivity index (χ0v) is 11.3. The van der Waals surface area contributed by atoms with Crippen LogP contribution in [-0.2, 0) is 4.79 Å². The molecular formula is C15H13N3O3. The van der Waals surface area contributed by atoms with Crippen LogP contribution in [0.1, 0.15) is 21.6 Å². The van der Waals surface area contributed by atoms with Crippen LogP contribution in [0.25, 0.3) is 6.08 Å². The Labute approximate surface area is 121 Å². The second-order valence-electron chi connectivity index (χ2n) is 4.29. The first-order valence-corrected chi connectivity index (χ1v) is 6.15. The molecule has 0 saturated heterocycles. The monoisotopic (exact) mass is 283 g/mol. The Kier molecular flexibility index (Phi) is 4.40. The van der Waals surface area contributed by atoms with E-state index in [1.807, 2.05) is 6.92 Å². The van der Waals surface area contributed by atoms with Crippen molar-refractivity contribution < 1.29 is 14.7 Å². The molecule has 6 heteroatoms. The summed E-state index contributed by atoms with van der Waals surface area (Å²) in [6, 6.07) is 5.23. The lowest BCUT2D eigenvalue weighted by Crippen LogP contribution is -2.13. The number of carboxylic acid groups (broad SMARTS) is 1. The number of benzene rings is 1. The molecule has 0 fully saturated rings. The summed E-state index contributed by atoms with van der Waals surface area (Å²) in [7, 11) is 0. The van der Waals surface area contributed by atoms with Crippen LogP contribution in [0.15, 0.2) is 42.9 Å². The molecule has 0 aliphatic heterocycles. The fraction of sp³-hybridized carbons (Fsp3) is 0.0667. The van der Waals surface area contributed by atoms with E-state index in [0.29, 0.717) is 11.3 Å². The van der Waals surface area contributed by atoms with Gasteiger partial charge in [-0.05, 0) is 36.3 Å². The van der Waals surface area contributed by atoms with Crippen molar-refractivity contribution in [2.45, 2.75) is 6.92 Å². The SMILES string of the molecule is Cc1ccc(NC(=O)c2cnccn2)cc1C=CC(=O)O. The number of carbonyl (C=O) groups is 2. The first-order chi connectivity index (χ1) is 10.1. The van der Waals surface area contributed by atoms with Crippen LogP contribution in [0.2, 0.25) is 0 Å². The second-order valence-corrected chi connectivity index (χ2v) is 4.29. The fourth-order valence-electron chi connectivity index (χ4n) is 1.67. The molecule has 1 aromatic heterocycles. The number of aromatic nitrogens is 2. The molecule has 2 N–H and O–H groups in total. The van der Waals surface area contributed by atoms with E-state index in [0.717, 1.165) is 11.6 Å². The average Bonchev–Trinajstić information content (AvgIpc) is 2.48. The van der Waals surface area contributed by atoms with Crippen molar-refractivity contribution in [3.8, 4) is 0 Å². The van der Waals surface area contributed by atoms with Crippen molar-refractivity contribution in [2.24, 2.45) is 0 Å². The molecule has 1 aromatic carbocycles. The minimum absolute atomic E-state index is 0.209. The predicted molar refractivity (Wildman–Crippen MR) is 77.8 cm³/mol. The van der Waals surface area contributed by atoms with E-state index in [4.69, 9.17) is 5.11 Å². The molecule has 0 saturated carbocycles. The highest BCUT2D eigenvalue weighted by atomic mass is 16.4. The van der Waals surface area contributed by atoms with E-state index >= 15 is 0 Å². The zero-order chi connectivity index (χ0) is 15.2. The van der Waals surface area contributed by atoms with Gasteiger partial charge in [0, 0.05) is 24.2 Å². The summed E-state index contributed by atoms with van der Waals surface area (Å²) < 4.78 is 0. The van der Waals surface area contributed by atoms with Gasteiger partial charge in [-0.2, -0.15) is 0 Å². The molecule has 2 rings (SSSR count). The van der Waals surface area contributed by atoms with Gasteiger partial charge < -0.3 is 10.4 Å². The highest BCUT2D eigenvalue weighted by Crippen LogP contribution is 2.17. The maximum atomic E-state index is 12.0. The van der Waals surface area contributed by atoms with Crippen LogP contribution in [0.4, 0.5) is 5.69 Å². The lowest BCUT2D eigenvalue weighted by molar-refractivity contribution is -0.131. The molecule has 0 atom stereocenters. The molecule has 0 aliphatic carbocycles. The normalized spacial score (nSPS) is 10.5. The molecule has 0 radical (unpaired) electrons. The van der Waals surface area contributed by atoms with Crippen LogP contribution in [-0.4, -0.2) is 27.0 Å². The smallest absolute Gasteiger partial charge is 0.328 e. The third kappa shape index (κ3) is 3.97. The lowest BCUT2D eigenvalue weighted by Gasteiger charge is -2.07. The first kappa shape index (κ1) is 14.4. The Morgan fingerprint density at radius 1 is 1.29 bits per heavy atom. The number of aliphatic carboxylic acids is 1. The Balaban J connectivity index is 2.19. The number of hydrogen-bond acceptors (Lipinski definition) is 4. The van der Waals surface area contributed by atoms with Crippen molar-refractivity contribution >= 4 is 23.6 Å². The fourth-order valence-corrected chi connectivity index (χ4v) is 1.67. The number of carboxylic acids is 1. The largest absolute Gasteiger partial charge is 0.478 e. The summed E-state index contributed by atoms with van der Waals surface area (Å²) in [6.07, 6.45) is 6.82. The van der Waals surface area contributed by atoms with Crippen molar-refractivity contribution in [1.82, 2.24) is 9.97 Å². The minimum Gasteiger partial charge on any atom is -0.478 e. The first-order valence-electron chi connectivity index (χ1n) is 6.15. The van der Waals surface area contributed by atoms with Crippen LogP contribution < -0.4 is 5.32 Å². The van der Waals surface area contributed by atoms with Gasteiger partial charge in [0.2, 0.25) is 0 Å². The molecule has 0 bridgehead atoms. The number of aryl methyl sites for hydroxylation is 1. The maximum absolute atomic E-state index is 12.0. The topological polar surface area (TPSA) is 92.2 Å². The van der Waals surface area contributed by atoms with Crippen LogP contribution in [0.5, 0.6) is 0 Å². The molecule has 1 heterocycles. The minimum atomic E-state index is -1.02. The summed E-state index contributed by atoms with van der Waals surface area (Å²) in [4.78, 5) is 30.2. The average molecular weight is 283 g/mol.